The van der Waals surface area contributed by atoms with Gasteiger partial charge in [0.15, 0.2) is 0 Å². The lowest BCUT2D eigenvalue weighted by molar-refractivity contribution is -0.231. The summed E-state index contributed by atoms with van der Waals surface area (Å²) in [5, 5.41) is 41.0. The van der Waals surface area contributed by atoms with Crippen LogP contribution in [0.2, 0.25) is 0 Å². The summed E-state index contributed by atoms with van der Waals surface area (Å²) >= 11 is 0. The van der Waals surface area contributed by atoms with Crippen LogP contribution in [0.15, 0.2) is 48.7 Å². The maximum atomic E-state index is 10.4. The summed E-state index contributed by atoms with van der Waals surface area (Å²) < 4.78 is 10.9. The molecule has 1 saturated heterocycles. The molecule has 2 aromatic carbocycles. The summed E-state index contributed by atoms with van der Waals surface area (Å²) in [6.07, 6.45) is -2.15. The van der Waals surface area contributed by atoms with E-state index in [4.69, 9.17) is 9.47 Å². The molecule has 5 atom stereocenters. The van der Waals surface area contributed by atoms with Crippen molar-refractivity contribution in [3.05, 3.63) is 65.4 Å². The summed E-state index contributed by atoms with van der Waals surface area (Å²) in [6.45, 7) is -0.443. The van der Waals surface area contributed by atoms with Gasteiger partial charge in [-0.1, -0.05) is 18.2 Å². The van der Waals surface area contributed by atoms with Crippen LogP contribution in [0, 0.1) is 0 Å². The van der Waals surface area contributed by atoms with E-state index in [1.165, 1.54) is 5.56 Å². The molecule has 3 aromatic rings. The summed E-state index contributed by atoms with van der Waals surface area (Å²) in [5.74, 6) is 0.829. The molecule has 7 heteroatoms. The number of aryl methyl sites for hydroxylation is 2. The number of nitrogens with one attached hydrogen (secondary N) is 1. The first-order valence-corrected chi connectivity index (χ1v) is 10.0. The van der Waals surface area contributed by atoms with Crippen molar-refractivity contribution in [2.75, 3.05) is 13.7 Å². The lowest BCUT2D eigenvalue weighted by Crippen LogP contribution is -2.55. The van der Waals surface area contributed by atoms with Gasteiger partial charge >= 0.3 is 0 Å². The Morgan fingerprint density at radius 2 is 1.73 bits per heavy atom. The lowest BCUT2D eigenvalue weighted by atomic mass is 9.90. The quantitative estimate of drug-likeness (QED) is 0.418. The van der Waals surface area contributed by atoms with Crippen LogP contribution in [0.1, 0.15) is 22.8 Å². The number of hydrogen-bond donors (Lipinski definition) is 5. The van der Waals surface area contributed by atoms with E-state index >= 15 is 0 Å². The molecule has 0 spiro atoms. The number of aliphatic hydroxyl groups is 4. The Morgan fingerprint density at radius 3 is 2.43 bits per heavy atom. The van der Waals surface area contributed by atoms with Crippen LogP contribution in [-0.4, -0.2) is 63.5 Å². The molecule has 0 amide bonds. The highest BCUT2D eigenvalue weighted by atomic mass is 16.5. The summed E-state index contributed by atoms with van der Waals surface area (Å²) in [5.41, 5.74) is 3.99. The number of aliphatic hydroxyl groups excluding tert-OH is 4. The second-order valence-corrected chi connectivity index (χ2v) is 7.72. The molecule has 5 unspecified atom stereocenters. The molecule has 0 saturated carbocycles. The van der Waals surface area contributed by atoms with E-state index in [1.54, 1.807) is 7.11 Å². The normalized spacial score (nSPS) is 26.8. The van der Waals surface area contributed by atoms with Crippen LogP contribution in [0.5, 0.6) is 5.75 Å². The van der Waals surface area contributed by atoms with Crippen molar-refractivity contribution in [3.63, 3.8) is 0 Å². The van der Waals surface area contributed by atoms with Crippen molar-refractivity contribution >= 4 is 10.9 Å². The number of methoxy groups -OCH3 is 1. The number of hydrogen-bond acceptors (Lipinski definition) is 6. The summed E-state index contributed by atoms with van der Waals surface area (Å²) in [6, 6.07) is 13.6. The van der Waals surface area contributed by atoms with Crippen molar-refractivity contribution in [1.82, 2.24) is 4.98 Å². The summed E-state index contributed by atoms with van der Waals surface area (Å²) in [4.78, 5) is 3.27. The molecule has 30 heavy (non-hydrogen) atoms. The first-order chi connectivity index (χ1) is 14.5. The fourth-order valence-corrected chi connectivity index (χ4v) is 4.03. The molecule has 1 fully saturated rings. The Labute approximate surface area is 174 Å². The number of benzene rings is 2. The third-order valence-corrected chi connectivity index (χ3v) is 5.85. The monoisotopic (exact) mass is 413 g/mol. The van der Waals surface area contributed by atoms with Gasteiger partial charge in [-0.2, -0.15) is 0 Å². The predicted molar refractivity (Wildman–Crippen MR) is 111 cm³/mol. The molecule has 0 aliphatic carbocycles. The smallest absolute Gasteiger partial charge is 0.118 e. The Morgan fingerprint density at radius 1 is 0.967 bits per heavy atom. The number of fused-ring (bicyclic) bond motifs is 1. The lowest BCUT2D eigenvalue weighted by Gasteiger charge is -2.40. The van der Waals surface area contributed by atoms with Gasteiger partial charge in [-0.25, -0.2) is 0 Å². The topological polar surface area (TPSA) is 115 Å². The van der Waals surface area contributed by atoms with Gasteiger partial charge in [0.05, 0.1) is 13.7 Å². The predicted octanol–water partition coefficient (Wildman–Crippen LogP) is 1.48. The summed E-state index contributed by atoms with van der Waals surface area (Å²) in [7, 11) is 1.65. The van der Waals surface area contributed by atoms with Crippen molar-refractivity contribution in [3.8, 4) is 5.75 Å². The molecular weight excluding hydrogens is 386 g/mol. The molecule has 5 N–H and O–H groups in total. The highest BCUT2D eigenvalue weighted by molar-refractivity contribution is 5.84. The zero-order valence-corrected chi connectivity index (χ0v) is 16.7. The number of ether oxygens (including phenoxy) is 2. The van der Waals surface area contributed by atoms with E-state index in [0.29, 0.717) is 5.56 Å². The maximum Gasteiger partial charge on any atom is 0.118 e. The van der Waals surface area contributed by atoms with Crippen molar-refractivity contribution in [2.24, 2.45) is 0 Å². The second kappa shape index (κ2) is 8.75. The Kier molecular flexibility index (Phi) is 6.08. The van der Waals surface area contributed by atoms with Gasteiger partial charge in [-0.05, 0) is 53.8 Å². The fraction of sp³-hybridized carbons (Fsp3) is 0.391. The van der Waals surface area contributed by atoms with E-state index in [2.05, 4.69) is 4.98 Å². The number of aromatic nitrogens is 1. The van der Waals surface area contributed by atoms with Crippen molar-refractivity contribution in [1.29, 1.82) is 0 Å². The highest BCUT2D eigenvalue weighted by Gasteiger charge is 2.43. The number of rotatable bonds is 6. The van der Waals surface area contributed by atoms with Gasteiger partial charge in [-0.3, -0.25) is 0 Å². The van der Waals surface area contributed by atoms with E-state index in [9.17, 15) is 20.4 Å². The minimum atomic E-state index is -1.39. The Bertz CT molecular complexity index is 983. The van der Waals surface area contributed by atoms with Crippen LogP contribution >= 0.6 is 0 Å². The van der Waals surface area contributed by atoms with Crippen LogP contribution < -0.4 is 4.74 Å². The molecule has 1 aromatic heterocycles. The minimum Gasteiger partial charge on any atom is -0.497 e. The zero-order valence-electron chi connectivity index (χ0n) is 16.7. The Hall–Kier alpha value is -2.42. The van der Waals surface area contributed by atoms with Crippen LogP contribution in [0.25, 0.3) is 10.9 Å². The van der Waals surface area contributed by atoms with E-state index < -0.39 is 37.1 Å². The first kappa shape index (κ1) is 20.8. The average Bonchev–Trinajstić information content (AvgIpc) is 3.19. The molecular formula is C23H27NO6. The molecule has 160 valence electrons. The third kappa shape index (κ3) is 3.95. The SMILES string of the molecule is COc1ccc(CCc2c[nH]c3ccc(C4OC(CO)C(O)C(O)C4O)cc23)cc1. The van der Waals surface area contributed by atoms with E-state index in [1.807, 2.05) is 48.7 Å². The molecule has 0 radical (unpaired) electrons. The first-order valence-electron chi connectivity index (χ1n) is 10.0. The van der Waals surface area contributed by atoms with Gasteiger partial charge in [-0.15, -0.1) is 0 Å². The van der Waals surface area contributed by atoms with Gasteiger partial charge in [0.2, 0.25) is 0 Å². The number of H-pyrrole nitrogens is 1. The van der Waals surface area contributed by atoms with Gasteiger partial charge in [0.25, 0.3) is 0 Å². The van der Waals surface area contributed by atoms with E-state index in [-0.39, 0.29) is 0 Å². The number of aromatic amines is 1. The van der Waals surface area contributed by atoms with Crippen LogP contribution in [0.3, 0.4) is 0 Å². The van der Waals surface area contributed by atoms with Crippen molar-refractivity contribution < 1.29 is 29.9 Å². The second-order valence-electron chi connectivity index (χ2n) is 7.72. The highest BCUT2D eigenvalue weighted by Crippen LogP contribution is 2.34. The minimum absolute atomic E-state index is 0.443. The zero-order chi connectivity index (χ0) is 21.3. The largest absolute Gasteiger partial charge is 0.497 e. The van der Waals surface area contributed by atoms with Gasteiger partial charge in [0.1, 0.15) is 36.3 Å². The molecule has 1 aliphatic heterocycles. The average molecular weight is 413 g/mol. The van der Waals surface area contributed by atoms with Crippen molar-refractivity contribution in [2.45, 2.75) is 43.4 Å². The molecule has 4 rings (SSSR count). The Balaban J connectivity index is 1.56. The standard InChI is InChI=1S/C23H27NO6/c1-29-16-7-3-13(4-8-16)2-5-15-11-24-18-9-6-14(10-17(15)18)23-22(28)21(27)20(26)19(12-25)30-23/h3-4,6-11,19-28H,2,5,12H2,1H3. The molecule has 0 bridgehead atoms. The molecule has 2 heterocycles. The maximum absolute atomic E-state index is 10.4. The van der Waals surface area contributed by atoms with E-state index in [0.717, 1.165) is 35.1 Å². The molecule has 7 nitrogen and oxygen atoms in total. The van der Waals surface area contributed by atoms with Gasteiger partial charge < -0.3 is 34.9 Å². The fourth-order valence-electron chi connectivity index (χ4n) is 4.03. The van der Waals surface area contributed by atoms with Gasteiger partial charge in [0, 0.05) is 17.1 Å². The third-order valence-electron chi connectivity index (χ3n) is 5.85. The molecule has 1 aliphatic rings. The van der Waals surface area contributed by atoms with Crippen LogP contribution in [0.4, 0.5) is 0 Å². The van der Waals surface area contributed by atoms with Crippen LogP contribution in [-0.2, 0) is 17.6 Å².